The van der Waals surface area contributed by atoms with Crippen LogP contribution in [0.5, 0.6) is 0 Å². The topological polar surface area (TPSA) is 58.7 Å². The standard InChI is InChI=1S/C12H22N2O2/c1-8(7-13)12(15)16-11-5-9-3-4-10(6-11)14(9)2/h9-12,15H,1,3-7,13H2,2H3. The van der Waals surface area contributed by atoms with Crippen molar-refractivity contribution in [2.24, 2.45) is 5.73 Å². The van der Waals surface area contributed by atoms with Gasteiger partial charge < -0.3 is 20.5 Å². The van der Waals surface area contributed by atoms with Crippen LogP contribution in [0.1, 0.15) is 25.7 Å². The van der Waals surface area contributed by atoms with Crippen molar-refractivity contribution in [3.63, 3.8) is 0 Å². The molecule has 4 nitrogen and oxygen atoms in total. The number of fused-ring (bicyclic) bond motifs is 2. The molecule has 2 rings (SSSR count). The third kappa shape index (κ3) is 2.30. The molecule has 4 heteroatoms. The fraction of sp³-hybridized carbons (Fsp3) is 0.833. The van der Waals surface area contributed by atoms with Crippen LogP contribution in [0.2, 0.25) is 0 Å². The highest BCUT2D eigenvalue weighted by Gasteiger charge is 2.39. The predicted octanol–water partition coefficient (Wildman–Crippen LogP) is 0.462. The van der Waals surface area contributed by atoms with Gasteiger partial charge in [0.2, 0.25) is 0 Å². The summed E-state index contributed by atoms with van der Waals surface area (Å²) in [6, 6.07) is 1.25. The highest BCUT2D eigenvalue weighted by Crippen LogP contribution is 2.35. The van der Waals surface area contributed by atoms with Crippen LogP contribution in [0.15, 0.2) is 12.2 Å². The molecule has 2 aliphatic rings. The van der Waals surface area contributed by atoms with E-state index in [1.807, 2.05) is 0 Å². The van der Waals surface area contributed by atoms with Crippen LogP contribution in [0, 0.1) is 0 Å². The summed E-state index contributed by atoms with van der Waals surface area (Å²) in [4.78, 5) is 2.45. The largest absolute Gasteiger partial charge is 0.364 e. The van der Waals surface area contributed by atoms with Crippen molar-refractivity contribution in [1.29, 1.82) is 0 Å². The molecule has 2 fully saturated rings. The molecule has 0 aromatic heterocycles. The van der Waals surface area contributed by atoms with Gasteiger partial charge in [-0.25, -0.2) is 0 Å². The summed E-state index contributed by atoms with van der Waals surface area (Å²) in [6.45, 7) is 3.98. The van der Waals surface area contributed by atoms with Crippen molar-refractivity contribution in [2.45, 2.75) is 50.2 Å². The molecule has 2 heterocycles. The van der Waals surface area contributed by atoms with E-state index in [0.717, 1.165) is 12.8 Å². The Morgan fingerprint density at radius 1 is 1.50 bits per heavy atom. The second-order valence-corrected chi connectivity index (χ2v) is 4.99. The Bertz CT molecular complexity index is 256. The van der Waals surface area contributed by atoms with E-state index < -0.39 is 6.29 Å². The van der Waals surface area contributed by atoms with Crippen molar-refractivity contribution in [3.8, 4) is 0 Å². The van der Waals surface area contributed by atoms with Crippen LogP contribution >= 0.6 is 0 Å². The van der Waals surface area contributed by atoms with Crippen molar-refractivity contribution < 1.29 is 9.84 Å². The van der Waals surface area contributed by atoms with Gasteiger partial charge in [-0.15, -0.1) is 0 Å². The monoisotopic (exact) mass is 226 g/mol. The molecule has 0 spiro atoms. The highest BCUT2D eigenvalue weighted by atomic mass is 16.6. The first kappa shape index (κ1) is 12.0. The molecule has 92 valence electrons. The van der Waals surface area contributed by atoms with Gasteiger partial charge >= 0.3 is 0 Å². The molecular weight excluding hydrogens is 204 g/mol. The molecule has 0 aromatic carbocycles. The lowest BCUT2D eigenvalue weighted by molar-refractivity contribution is -0.133. The summed E-state index contributed by atoms with van der Waals surface area (Å²) in [5, 5.41) is 9.71. The van der Waals surface area contributed by atoms with Crippen molar-refractivity contribution in [1.82, 2.24) is 4.90 Å². The molecule has 0 saturated carbocycles. The zero-order valence-corrected chi connectivity index (χ0v) is 9.93. The van der Waals surface area contributed by atoms with E-state index in [1.54, 1.807) is 0 Å². The number of piperidine rings is 1. The van der Waals surface area contributed by atoms with E-state index in [4.69, 9.17) is 10.5 Å². The highest BCUT2D eigenvalue weighted by molar-refractivity contribution is 5.00. The minimum atomic E-state index is -0.891. The van der Waals surface area contributed by atoms with Crippen LogP contribution in [0.25, 0.3) is 0 Å². The quantitative estimate of drug-likeness (QED) is 0.540. The summed E-state index contributed by atoms with van der Waals surface area (Å²) >= 11 is 0. The average molecular weight is 226 g/mol. The molecular formula is C12H22N2O2. The van der Waals surface area contributed by atoms with Crippen molar-refractivity contribution >= 4 is 0 Å². The maximum Gasteiger partial charge on any atom is 0.178 e. The summed E-state index contributed by atoms with van der Waals surface area (Å²) in [5.41, 5.74) is 5.98. The number of ether oxygens (including phenoxy) is 1. The Balaban J connectivity index is 1.86. The normalized spacial score (nSPS) is 36.3. The molecule has 0 radical (unpaired) electrons. The first-order chi connectivity index (χ1) is 7.61. The minimum absolute atomic E-state index is 0.159. The molecule has 3 atom stereocenters. The van der Waals surface area contributed by atoms with Crippen LogP contribution < -0.4 is 5.73 Å². The van der Waals surface area contributed by atoms with Gasteiger partial charge in [0.1, 0.15) is 0 Å². The first-order valence-corrected chi connectivity index (χ1v) is 6.05. The zero-order chi connectivity index (χ0) is 11.7. The molecule has 2 aliphatic heterocycles. The van der Waals surface area contributed by atoms with Crippen LogP contribution in [0.3, 0.4) is 0 Å². The SMILES string of the molecule is C=C(CN)C(O)OC1CC2CCC(C1)N2C. The van der Waals surface area contributed by atoms with Crippen LogP contribution in [0.4, 0.5) is 0 Å². The predicted molar refractivity (Wildman–Crippen MR) is 62.9 cm³/mol. The molecule has 0 amide bonds. The molecule has 3 unspecified atom stereocenters. The van der Waals surface area contributed by atoms with E-state index in [9.17, 15) is 5.11 Å². The van der Waals surface area contributed by atoms with E-state index >= 15 is 0 Å². The van der Waals surface area contributed by atoms with Gasteiger partial charge in [-0.1, -0.05) is 6.58 Å². The number of hydrogen-bond donors (Lipinski definition) is 2. The Morgan fingerprint density at radius 2 is 2.06 bits per heavy atom. The Morgan fingerprint density at radius 3 is 2.56 bits per heavy atom. The van der Waals surface area contributed by atoms with E-state index in [0.29, 0.717) is 17.7 Å². The van der Waals surface area contributed by atoms with Gasteiger partial charge in [0, 0.05) is 18.6 Å². The van der Waals surface area contributed by atoms with Crippen LogP contribution in [-0.2, 0) is 4.74 Å². The number of nitrogens with zero attached hydrogens (tertiary/aromatic N) is 1. The van der Waals surface area contributed by atoms with Gasteiger partial charge in [-0.3, -0.25) is 0 Å². The van der Waals surface area contributed by atoms with Gasteiger partial charge in [-0.2, -0.15) is 0 Å². The van der Waals surface area contributed by atoms with Crippen molar-refractivity contribution in [2.75, 3.05) is 13.6 Å². The Kier molecular flexibility index (Phi) is 3.64. The van der Waals surface area contributed by atoms with Gasteiger partial charge in [0.05, 0.1) is 6.10 Å². The first-order valence-electron chi connectivity index (χ1n) is 6.05. The van der Waals surface area contributed by atoms with Gasteiger partial charge in [-0.05, 0) is 38.3 Å². The lowest BCUT2D eigenvalue weighted by Gasteiger charge is -2.37. The molecule has 3 N–H and O–H groups in total. The summed E-state index contributed by atoms with van der Waals surface area (Å²) < 4.78 is 5.62. The third-order valence-electron chi connectivity index (χ3n) is 3.99. The fourth-order valence-electron chi connectivity index (χ4n) is 2.85. The summed E-state index contributed by atoms with van der Waals surface area (Å²) in [5.74, 6) is 0. The summed E-state index contributed by atoms with van der Waals surface area (Å²) in [7, 11) is 2.19. The third-order valence-corrected chi connectivity index (χ3v) is 3.99. The van der Waals surface area contributed by atoms with E-state index in [2.05, 4.69) is 18.5 Å². The molecule has 2 bridgehead atoms. The molecule has 16 heavy (non-hydrogen) atoms. The maximum atomic E-state index is 9.71. The second-order valence-electron chi connectivity index (χ2n) is 4.99. The second kappa shape index (κ2) is 4.84. The average Bonchev–Trinajstić information content (AvgIpc) is 2.52. The smallest absolute Gasteiger partial charge is 0.178 e. The number of rotatable bonds is 4. The molecule has 2 saturated heterocycles. The summed E-state index contributed by atoms with van der Waals surface area (Å²) in [6.07, 6.45) is 3.82. The lowest BCUT2D eigenvalue weighted by atomic mass is 10.0. The lowest BCUT2D eigenvalue weighted by Crippen LogP contribution is -2.44. The van der Waals surface area contributed by atoms with Gasteiger partial charge in [0.25, 0.3) is 0 Å². The van der Waals surface area contributed by atoms with E-state index in [-0.39, 0.29) is 12.6 Å². The number of hydrogen-bond acceptors (Lipinski definition) is 4. The fourth-order valence-corrected chi connectivity index (χ4v) is 2.85. The number of aliphatic hydroxyl groups is 1. The van der Waals surface area contributed by atoms with Gasteiger partial charge in [0.15, 0.2) is 6.29 Å². The number of nitrogens with two attached hydrogens (primary N) is 1. The maximum absolute atomic E-state index is 9.71. The zero-order valence-electron chi connectivity index (χ0n) is 9.93. The number of aliphatic hydroxyl groups excluding tert-OH is 1. The van der Waals surface area contributed by atoms with E-state index in [1.165, 1.54) is 12.8 Å². The minimum Gasteiger partial charge on any atom is -0.364 e. The Labute approximate surface area is 97.1 Å². The van der Waals surface area contributed by atoms with Crippen LogP contribution in [-0.4, -0.2) is 48.1 Å². The van der Waals surface area contributed by atoms with Crippen molar-refractivity contribution in [3.05, 3.63) is 12.2 Å². The Hall–Kier alpha value is -0.420. The molecule has 0 aromatic rings. The molecule has 0 aliphatic carbocycles.